The summed E-state index contributed by atoms with van der Waals surface area (Å²) in [6, 6.07) is -4.49. The second-order valence-corrected chi connectivity index (χ2v) is 6.32. The number of aliphatic carboxylic acids is 3. The number of carbonyl (C=O) groups excluding carboxylic acids is 3. The lowest BCUT2D eigenvalue weighted by Gasteiger charge is -2.20. The number of carboxylic acid groups (broad SMARTS) is 3. The molecule has 0 aliphatic heterocycles. The van der Waals surface area contributed by atoms with Gasteiger partial charge in [0, 0.05) is 18.3 Å². The monoisotopic (exact) mass is 442 g/mol. The zero-order valence-electron chi connectivity index (χ0n) is 16.0. The van der Waals surface area contributed by atoms with Gasteiger partial charge in [-0.2, -0.15) is 0 Å². The number of aromatic amines is 1. The predicted octanol–water partition coefficient (Wildman–Crippen LogP) is -3.60. The van der Waals surface area contributed by atoms with Crippen LogP contribution in [0, 0.1) is 0 Å². The van der Waals surface area contributed by atoms with E-state index in [1.165, 1.54) is 12.5 Å². The number of nitrogens with zero attached hydrogens (tertiary/aromatic N) is 1. The molecule has 0 aliphatic rings. The molecule has 15 heteroatoms. The summed E-state index contributed by atoms with van der Waals surface area (Å²) < 4.78 is 0. The summed E-state index contributed by atoms with van der Waals surface area (Å²) in [6.07, 6.45) is 0.938. The number of nitrogens with two attached hydrogens (primary N) is 1. The lowest BCUT2D eigenvalue weighted by atomic mass is 10.1. The van der Waals surface area contributed by atoms with Crippen LogP contribution in [-0.2, 0) is 35.2 Å². The van der Waals surface area contributed by atoms with Crippen molar-refractivity contribution in [3.63, 3.8) is 0 Å². The zero-order valence-corrected chi connectivity index (χ0v) is 16.0. The van der Waals surface area contributed by atoms with Crippen molar-refractivity contribution >= 4 is 35.6 Å². The maximum Gasteiger partial charge on any atom is 0.326 e. The lowest BCUT2D eigenvalue weighted by molar-refractivity contribution is -0.143. The average Bonchev–Trinajstić information content (AvgIpc) is 3.17. The van der Waals surface area contributed by atoms with Gasteiger partial charge in [-0.05, 0) is 0 Å². The molecule has 0 saturated carbocycles. The lowest BCUT2D eigenvalue weighted by Crippen LogP contribution is -2.54. The van der Waals surface area contributed by atoms with E-state index >= 15 is 0 Å². The van der Waals surface area contributed by atoms with Crippen molar-refractivity contribution in [2.24, 2.45) is 5.73 Å². The molecular formula is C16H22N6O9. The van der Waals surface area contributed by atoms with Crippen LogP contribution >= 0.6 is 0 Å². The Morgan fingerprint density at radius 3 is 2.13 bits per heavy atom. The number of carbonyl (C=O) groups is 6. The molecule has 9 N–H and O–H groups in total. The van der Waals surface area contributed by atoms with E-state index in [-0.39, 0.29) is 6.42 Å². The van der Waals surface area contributed by atoms with Crippen LogP contribution in [0.25, 0.3) is 0 Å². The van der Waals surface area contributed by atoms with Crippen LogP contribution in [0.4, 0.5) is 0 Å². The van der Waals surface area contributed by atoms with E-state index in [9.17, 15) is 33.9 Å². The maximum absolute atomic E-state index is 12.4. The Kier molecular flexibility index (Phi) is 9.58. The molecule has 15 nitrogen and oxygen atoms in total. The molecule has 0 bridgehead atoms. The highest BCUT2D eigenvalue weighted by Crippen LogP contribution is 2.01. The van der Waals surface area contributed by atoms with Gasteiger partial charge >= 0.3 is 17.9 Å². The minimum atomic E-state index is -1.64. The zero-order chi connectivity index (χ0) is 23.6. The van der Waals surface area contributed by atoms with E-state index in [2.05, 4.69) is 25.9 Å². The SMILES string of the molecule is NC(CC(=O)O)C(=O)NCC(=O)NC(CC(=O)O)C(=O)NC(Cc1cnc[nH]1)C(=O)O. The van der Waals surface area contributed by atoms with Gasteiger partial charge in [0.1, 0.15) is 12.1 Å². The van der Waals surface area contributed by atoms with E-state index in [0.29, 0.717) is 5.69 Å². The number of carboxylic acids is 3. The van der Waals surface area contributed by atoms with Crippen LogP contribution in [0.2, 0.25) is 0 Å². The molecule has 0 spiro atoms. The van der Waals surface area contributed by atoms with Crippen LogP contribution in [-0.4, -0.2) is 85.6 Å². The van der Waals surface area contributed by atoms with Crippen LogP contribution < -0.4 is 21.7 Å². The van der Waals surface area contributed by atoms with Crippen molar-refractivity contribution in [2.45, 2.75) is 37.4 Å². The predicted molar refractivity (Wildman–Crippen MR) is 99.3 cm³/mol. The first-order chi connectivity index (χ1) is 14.5. The smallest absolute Gasteiger partial charge is 0.326 e. The third-order valence-electron chi connectivity index (χ3n) is 3.78. The molecule has 0 fully saturated rings. The summed E-state index contributed by atoms with van der Waals surface area (Å²) in [6.45, 7) is -0.716. The van der Waals surface area contributed by atoms with Gasteiger partial charge in [0.2, 0.25) is 17.7 Å². The fourth-order valence-electron chi connectivity index (χ4n) is 2.30. The number of hydrogen-bond donors (Lipinski definition) is 8. The normalized spacial score (nSPS) is 13.3. The molecule has 1 aromatic rings. The first kappa shape index (κ1) is 25.0. The van der Waals surface area contributed by atoms with Crippen molar-refractivity contribution in [2.75, 3.05) is 6.54 Å². The standard InChI is InChI=1S/C16H22N6O9/c17-8(2-12(24)25)14(28)19-5-11(23)21-9(3-13(26)27)15(29)22-10(16(30)31)1-7-4-18-6-20-7/h4,6,8-10H,1-3,5,17H2,(H,18,20)(H,19,28)(H,21,23)(H,22,29)(H,24,25)(H,26,27)(H,30,31). The topological polar surface area (TPSA) is 254 Å². The minimum absolute atomic E-state index is 0.174. The summed E-state index contributed by atoms with van der Waals surface area (Å²) in [5.74, 6) is -7.17. The Labute approximate surface area is 174 Å². The third kappa shape index (κ3) is 9.35. The van der Waals surface area contributed by atoms with E-state index in [1.54, 1.807) is 0 Å². The minimum Gasteiger partial charge on any atom is -0.481 e. The van der Waals surface area contributed by atoms with Crippen molar-refractivity contribution in [1.82, 2.24) is 25.9 Å². The molecule has 0 aromatic carbocycles. The molecule has 1 aromatic heterocycles. The van der Waals surface area contributed by atoms with Crippen LogP contribution in [0.5, 0.6) is 0 Å². The fourth-order valence-corrected chi connectivity index (χ4v) is 2.30. The maximum atomic E-state index is 12.4. The second-order valence-electron chi connectivity index (χ2n) is 6.32. The van der Waals surface area contributed by atoms with Crippen LogP contribution in [0.1, 0.15) is 18.5 Å². The quantitative estimate of drug-likeness (QED) is 0.148. The van der Waals surface area contributed by atoms with Crippen LogP contribution in [0.3, 0.4) is 0 Å². The van der Waals surface area contributed by atoms with Gasteiger partial charge in [-0.25, -0.2) is 9.78 Å². The van der Waals surface area contributed by atoms with Crippen molar-refractivity contribution < 1.29 is 44.1 Å². The average molecular weight is 442 g/mol. The van der Waals surface area contributed by atoms with E-state index in [1.807, 2.05) is 0 Å². The number of imidazole rings is 1. The number of nitrogens with one attached hydrogen (secondary N) is 4. The summed E-state index contributed by atoms with van der Waals surface area (Å²) in [5, 5.41) is 33.1. The first-order valence-corrected chi connectivity index (χ1v) is 8.76. The Balaban J connectivity index is 2.71. The van der Waals surface area contributed by atoms with E-state index in [4.69, 9.17) is 15.9 Å². The molecule has 31 heavy (non-hydrogen) atoms. The molecule has 1 heterocycles. The molecule has 3 amide bonds. The largest absolute Gasteiger partial charge is 0.481 e. The Morgan fingerprint density at radius 1 is 0.968 bits per heavy atom. The Hall–Kier alpha value is -4.01. The molecule has 0 radical (unpaired) electrons. The van der Waals surface area contributed by atoms with Crippen LogP contribution in [0.15, 0.2) is 12.5 Å². The van der Waals surface area contributed by atoms with Gasteiger partial charge in [-0.1, -0.05) is 0 Å². The van der Waals surface area contributed by atoms with Gasteiger partial charge in [0.25, 0.3) is 0 Å². The summed E-state index contributed by atoms with van der Waals surface area (Å²) >= 11 is 0. The molecule has 3 atom stereocenters. The van der Waals surface area contributed by atoms with Gasteiger partial charge < -0.3 is 42.0 Å². The molecule has 0 saturated heterocycles. The van der Waals surface area contributed by atoms with Crippen molar-refractivity contribution in [3.05, 3.63) is 18.2 Å². The number of amides is 3. The number of hydrogen-bond acceptors (Lipinski definition) is 8. The molecule has 170 valence electrons. The summed E-state index contributed by atoms with van der Waals surface area (Å²) in [4.78, 5) is 75.3. The van der Waals surface area contributed by atoms with Gasteiger partial charge in [0.05, 0.1) is 31.8 Å². The third-order valence-corrected chi connectivity index (χ3v) is 3.78. The molecule has 1 rings (SSSR count). The number of H-pyrrole nitrogens is 1. The van der Waals surface area contributed by atoms with E-state index < -0.39 is 73.1 Å². The number of aromatic nitrogens is 2. The van der Waals surface area contributed by atoms with Gasteiger partial charge in [-0.15, -0.1) is 0 Å². The Bertz CT molecular complexity index is 826. The highest BCUT2D eigenvalue weighted by atomic mass is 16.4. The molecule has 3 unspecified atom stereocenters. The summed E-state index contributed by atoms with van der Waals surface area (Å²) in [5.41, 5.74) is 5.72. The molecule has 0 aliphatic carbocycles. The second kappa shape index (κ2) is 11.9. The fraction of sp³-hybridized carbons (Fsp3) is 0.438. The number of rotatable bonds is 13. The van der Waals surface area contributed by atoms with Gasteiger partial charge in [-0.3, -0.25) is 24.0 Å². The highest BCUT2D eigenvalue weighted by Gasteiger charge is 2.29. The Morgan fingerprint density at radius 2 is 1.61 bits per heavy atom. The van der Waals surface area contributed by atoms with E-state index in [0.717, 1.165) is 0 Å². The first-order valence-electron chi connectivity index (χ1n) is 8.76. The highest BCUT2D eigenvalue weighted by molar-refractivity contribution is 5.94. The molecular weight excluding hydrogens is 420 g/mol. The van der Waals surface area contributed by atoms with Crippen molar-refractivity contribution in [3.8, 4) is 0 Å². The van der Waals surface area contributed by atoms with Crippen molar-refractivity contribution in [1.29, 1.82) is 0 Å². The van der Waals surface area contributed by atoms with Gasteiger partial charge in [0.15, 0.2) is 0 Å². The summed E-state index contributed by atoms with van der Waals surface area (Å²) in [7, 11) is 0.